The van der Waals surface area contributed by atoms with Gasteiger partial charge in [0.1, 0.15) is 18.1 Å². The first-order chi connectivity index (χ1) is 17.5. The van der Waals surface area contributed by atoms with Crippen molar-refractivity contribution in [2.45, 2.75) is 44.2 Å². The molecule has 2 fully saturated rings. The molecule has 2 heterocycles. The van der Waals surface area contributed by atoms with Gasteiger partial charge in [0.2, 0.25) is 0 Å². The molecule has 1 saturated carbocycles. The van der Waals surface area contributed by atoms with Gasteiger partial charge in [0, 0.05) is 24.2 Å². The zero-order chi connectivity index (χ0) is 24.7. The smallest absolute Gasteiger partial charge is 0.255 e. The molecule has 5 heteroatoms. The second kappa shape index (κ2) is 9.29. The summed E-state index contributed by atoms with van der Waals surface area (Å²) in [4.78, 5) is 18.5. The molecule has 6 rings (SSSR count). The Hall–Kier alpha value is -3.31. The van der Waals surface area contributed by atoms with Gasteiger partial charge in [0.25, 0.3) is 5.91 Å². The Morgan fingerprint density at radius 2 is 1.83 bits per heavy atom. The number of amides is 1. The first kappa shape index (κ1) is 23.1. The monoisotopic (exact) mass is 482 g/mol. The molecule has 0 radical (unpaired) electrons. The van der Waals surface area contributed by atoms with Crippen molar-refractivity contribution in [2.75, 3.05) is 26.2 Å². The Morgan fingerprint density at radius 1 is 1.06 bits per heavy atom. The maximum Gasteiger partial charge on any atom is 0.255 e. The summed E-state index contributed by atoms with van der Waals surface area (Å²) in [6, 6.07) is 23.2. The second-order valence-corrected chi connectivity index (χ2v) is 10.8. The molecular formula is C31H34N2O3. The summed E-state index contributed by atoms with van der Waals surface area (Å²) in [5.41, 5.74) is 3.81. The van der Waals surface area contributed by atoms with Crippen molar-refractivity contribution in [1.82, 2.24) is 9.80 Å². The summed E-state index contributed by atoms with van der Waals surface area (Å²) in [5, 5.41) is 10.2. The van der Waals surface area contributed by atoms with Crippen molar-refractivity contribution in [2.24, 2.45) is 5.92 Å². The average molecular weight is 483 g/mol. The molecule has 2 atom stereocenters. The van der Waals surface area contributed by atoms with Gasteiger partial charge in [-0.25, -0.2) is 0 Å². The SMILES string of the molecule is C[C@@H]1CCN(CCOc2ccc(C3c4ccc(O)cc4CC4(CC4)N3C(=O)c3ccccc3)cc2)C1. The maximum absolute atomic E-state index is 13.9. The lowest BCUT2D eigenvalue weighted by Crippen LogP contribution is -2.49. The van der Waals surface area contributed by atoms with E-state index in [-0.39, 0.29) is 23.2 Å². The summed E-state index contributed by atoms with van der Waals surface area (Å²) in [6.07, 6.45) is 4.01. The molecule has 1 N–H and O–H groups in total. The highest BCUT2D eigenvalue weighted by atomic mass is 16.5. The number of phenols is 1. The van der Waals surface area contributed by atoms with Crippen molar-refractivity contribution < 1.29 is 14.6 Å². The zero-order valence-electron chi connectivity index (χ0n) is 20.9. The fraction of sp³-hybridized carbons (Fsp3) is 0.387. The number of benzene rings is 3. The predicted molar refractivity (Wildman–Crippen MR) is 140 cm³/mol. The van der Waals surface area contributed by atoms with Gasteiger partial charge >= 0.3 is 0 Å². The summed E-state index contributed by atoms with van der Waals surface area (Å²) in [5.74, 6) is 1.98. The van der Waals surface area contributed by atoms with Crippen molar-refractivity contribution in [3.63, 3.8) is 0 Å². The molecule has 1 amide bonds. The molecule has 1 aliphatic carbocycles. The van der Waals surface area contributed by atoms with E-state index in [0.717, 1.165) is 67.3 Å². The number of hydrogen-bond donors (Lipinski definition) is 1. The van der Waals surface area contributed by atoms with Crippen LogP contribution < -0.4 is 4.74 Å². The van der Waals surface area contributed by atoms with Crippen LogP contribution in [0.4, 0.5) is 0 Å². The van der Waals surface area contributed by atoms with Crippen molar-refractivity contribution in [3.05, 3.63) is 95.1 Å². The number of rotatable bonds is 6. The second-order valence-electron chi connectivity index (χ2n) is 10.8. The van der Waals surface area contributed by atoms with Crippen LogP contribution in [0.25, 0.3) is 0 Å². The normalized spacial score (nSPS) is 22.4. The Balaban J connectivity index is 1.29. The van der Waals surface area contributed by atoms with E-state index in [9.17, 15) is 9.90 Å². The van der Waals surface area contributed by atoms with E-state index in [1.807, 2.05) is 54.6 Å². The quantitative estimate of drug-likeness (QED) is 0.509. The summed E-state index contributed by atoms with van der Waals surface area (Å²) in [6.45, 7) is 6.26. The Bertz CT molecular complexity index is 1240. The summed E-state index contributed by atoms with van der Waals surface area (Å²) >= 11 is 0. The first-order valence-corrected chi connectivity index (χ1v) is 13.2. The summed E-state index contributed by atoms with van der Waals surface area (Å²) < 4.78 is 6.07. The molecule has 3 aliphatic rings. The number of likely N-dealkylation sites (tertiary alicyclic amines) is 1. The molecule has 0 bridgehead atoms. The number of carbonyl (C=O) groups is 1. The fourth-order valence-corrected chi connectivity index (χ4v) is 6.08. The molecule has 3 aromatic carbocycles. The molecule has 1 saturated heterocycles. The van der Waals surface area contributed by atoms with Gasteiger partial charge in [0.05, 0.1) is 6.04 Å². The third-order valence-electron chi connectivity index (χ3n) is 8.16. The average Bonchev–Trinajstić information content (AvgIpc) is 3.53. The lowest BCUT2D eigenvalue weighted by atomic mass is 9.82. The molecule has 186 valence electrons. The molecule has 0 aromatic heterocycles. The van der Waals surface area contributed by atoms with Gasteiger partial charge in [-0.15, -0.1) is 0 Å². The first-order valence-electron chi connectivity index (χ1n) is 13.2. The number of fused-ring (bicyclic) bond motifs is 1. The zero-order valence-corrected chi connectivity index (χ0v) is 20.9. The van der Waals surface area contributed by atoms with E-state index in [1.165, 1.54) is 6.42 Å². The summed E-state index contributed by atoms with van der Waals surface area (Å²) in [7, 11) is 0. The van der Waals surface area contributed by atoms with Crippen LogP contribution in [0, 0.1) is 5.92 Å². The molecule has 1 spiro atoms. The number of ether oxygens (including phenoxy) is 1. The molecule has 3 aromatic rings. The largest absolute Gasteiger partial charge is 0.508 e. The number of nitrogens with zero attached hydrogens (tertiary/aromatic N) is 2. The van der Waals surface area contributed by atoms with E-state index in [4.69, 9.17) is 4.74 Å². The van der Waals surface area contributed by atoms with Crippen LogP contribution in [0.2, 0.25) is 0 Å². The van der Waals surface area contributed by atoms with E-state index < -0.39 is 0 Å². The van der Waals surface area contributed by atoms with Crippen LogP contribution in [-0.4, -0.2) is 52.6 Å². The van der Waals surface area contributed by atoms with Crippen molar-refractivity contribution in [1.29, 1.82) is 0 Å². The highest BCUT2D eigenvalue weighted by molar-refractivity contribution is 5.96. The van der Waals surface area contributed by atoms with Gasteiger partial charge in [-0.2, -0.15) is 0 Å². The minimum Gasteiger partial charge on any atom is -0.508 e. The molecule has 1 unspecified atom stereocenters. The minimum absolute atomic E-state index is 0.0667. The van der Waals surface area contributed by atoms with Gasteiger partial charge < -0.3 is 14.7 Å². The standard InChI is InChI=1S/C31H34N2O3/c1-22-13-16-32(21-22)17-18-36-27-10-7-23(8-11-27)29-28-12-9-26(34)19-25(28)20-31(14-15-31)33(29)30(35)24-5-3-2-4-6-24/h2-12,19,22,29,34H,13-18,20-21H2,1H3/t22-,29?/m1/s1. The highest BCUT2D eigenvalue weighted by Gasteiger charge is 2.56. The lowest BCUT2D eigenvalue weighted by molar-refractivity contribution is 0.0541. The van der Waals surface area contributed by atoms with Crippen LogP contribution >= 0.6 is 0 Å². The van der Waals surface area contributed by atoms with Crippen LogP contribution in [0.5, 0.6) is 11.5 Å². The van der Waals surface area contributed by atoms with Crippen LogP contribution in [0.15, 0.2) is 72.8 Å². The predicted octanol–water partition coefficient (Wildman–Crippen LogP) is 5.43. The maximum atomic E-state index is 13.9. The third-order valence-corrected chi connectivity index (χ3v) is 8.16. The van der Waals surface area contributed by atoms with Gasteiger partial charge in [0.15, 0.2) is 0 Å². The molecule has 5 nitrogen and oxygen atoms in total. The van der Waals surface area contributed by atoms with Crippen molar-refractivity contribution in [3.8, 4) is 11.5 Å². The van der Waals surface area contributed by atoms with E-state index in [2.05, 4.69) is 28.9 Å². The van der Waals surface area contributed by atoms with Crippen LogP contribution in [-0.2, 0) is 6.42 Å². The third kappa shape index (κ3) is 4.37. The van der Waals surface area contributed by atoms with E-state index >= 15 is 0 Å². The van der Waals surface area contributed by atoms with Crippen LogP contribution in [0.3, 0.4) is 0 Å². The fourth-order valence-electron chi connectivity index (χ4n) is 6.08. The number of carbonyl (C=O) groups excluding carboxylic acids is 1. The molecule has 36 heavy (non-hydrogen) atoms. The Kier molecular flexibility index (Phi) is 5.96. The Labute approximate surface area is 213 Å². The Morgan fingerprint density at radius 3 is 2.53 bits per heavy atom. The number of aromatic hydroxyl groups is 1. The molecular weight excluding hydrogens is 448 g/mol. The van der Waals surface area contributed by atoms with Gasteiger partial charge in [-0.05, 0) is 91.2 Å². The highest BCUT2D eigenvalue weighted by Crippen LogP contribution is 2.55. The van der Waals surface area contributed by atoms with Crippen molar-refractivity contribution >= 4 is 5.91 Å². The van der Waals surface area contributed by atoms with E-state index in [0.29, 0.717) is 12.2 Å². The topological polar surface area (TPSA) is 53.0 Å². The lowest BCUT2D eigenvalue weighted by Gasteiger charge is -2.44. The molecule has 2 aliphatic heterocycles. The van der Waals surface area contributed by atoms with Crippen LogP contribution in [0.1, 0.15) is 59.3 Å². The van der Waals surface area contributed by atoms with E-state index in [1.54, 1.807) is 6.07 Å². The van der Waals surface area contributed by atoms with Gasteiger partial charge in [-0.1, -0.05) is 43.3 Å². The number of phenolic OH excluding ortho intramolecular Hbond substituents is 1. The minimum atomic E-state index is -0.204. The van der Waals surface area contributed by atoms with Gasteiger partial charge in [-0.3, -0.25) is 9.69 Å². The number of hydrogen-bond acceptors (Lipinski definition) is 4.